The second-order valence-electron chi connectivity index (χ2n) is 5.40. The molecule has 0 aliphatic carbocycles. The van der Waals surface area contributed by atoms with Crippen LogP contribution in [0.3, 0.4) is 0 Å². The van der Waals surface area contributed by atoms with E-state index in [1.54, 1.807) is 24.3 Å². The first-order valence-corrected chi connectivity index (χ1v) is 7.73. The summed E-state index contributed by atoms with van der Waals surface area (Å²) in [7, 11) is 0. The molecule has 0 fully saturated rings. The second-order valence-corrected chi connectivity index (χ2v) is 5.40. The summed E-state index contributed by atoms with van der Waals surface area (Å²) in [5.74, 6) is 0.273. The number of amides is 2. The Morgan fingerprint density at radius 1 is 0.920 bits per heavy atom. The number of benzene rings is 2. The van der Waals surface area contributed by atoms with Gasteiger partial charge in [-0.15, -0.1) is 0 Å². The summed E-state index contributed by atoms with van der Waals surface area (Å²) >= 11 is 0. The van der Waals surface area contributed by atoms with Crippen LogP contribution < -0.4 is 16.0 Å². The second kappa shape index (κ2) is 7.39. The standard InChI is InChI=1S/C18H17N5O2/c1-12(24)22-13-6-8-14(9-7-13)23-17(25)10-19-18-15-4-2-3-5-16(15)20-11-21-18/h2-9,11H,10H2,1H3,(H,22,24)(H,23,25)(H,19,20,21). The van der Waals surface area contributed by atoms with Gasteiger partial charge in [-0.1, -0.05) is 12.1 Å². The number of carbonyl (C=O) groups is 2. The normalized spacial score (nSPS) is 10.3. The largest absolute Gasteiger partial charge is 0.360 e. The SMILES string of the molecule is CC(=O)Nc1ccc(NC(=O)CNc2ncnc3ccccc23)cc1. The van der Waals surface area contributed by atoms with Crippen molar-refractivity contribution in [3.8, 4) is 0 Å². The smallest absolute Gasteiger partial charge is 0.243 e. The van der Waals surface area contributed by atoms with Gasteiger partial charge >= 0.3 is 0 Å². The van der Waals surface area contributed by atoms with Gasteiger partial charge in [0, 0.05) is 23.7 Å². The molecule has 2 aromatic carbocycles. The summed E-state index contributed by atoms with van der Waals surface area (Å²) in [5, 5.41) is 9.34. The van der Waals surface area contributed by atoms with E-state index < -0.39 is 0 Å². The summed E-state index contributed by atoms with van der Waals surface area (Å²) in [6.45, 7) is 1.52. The molecule has 3 N–H and O–H groups in total. The van der Waals surface area contributed by atoms with E-state index in [1.807, 2.05) is 24.3 Å². The first-order chi connectivity index (χ1) is 12.1. The Kier molecular flexibility index (Phi) is 4.84. The van der Waals surface area contributed by atoms with Crippen LogP contribution >= 0.6 is 0 Å². The predicted octanol–water partition coefficient (Wildman–Crippen LogP) is 2.64. The molecule has 3 rings (SSSR count). The average molecular weight is 335 g/mol. The van der Waals surface area contributed by atoms with E-state index in [0.717, 1.165) is 10.9 Å². The molecule has 25 heavy (non-hydrogen) atoms. The predicted molar refractivity (Wildman–Crippen MR) is 97.4 cm³/mol. The lowest BCUT2D eigenvalue weighted by Crippen LogP contribution is -2.22. The lowest BCUT2D eigenvalue weighted by Gasteiger charge is -2.09. The highest BCUT2D eigenvalue weighted by Crippen LogP contribution is 2.18. The maximum Gasteiger partial charge on any atom is 0.243 e. The number of aromatic nitrogens is 2. The topological polar surface area (TPSA) is 96.0 Å². The zero-order valence-corrected chi connectivity index (χ0v) is 13.6. The fraction of sp³-hybridized carbons (Fsp3) is 0.111. The van der Waals surface area contributed by atoms with Crippen molar-refractivity contribution in [3.63, 3.8) is 0 Å². The molecule has 0 unspecified atom stereocenters. The van der Waals surface area contributed by atoms with Gasteiger partial charge in [-0.3, -0.25) is 9.59 Å². The highest BCUT2D eigenvalue weighted by Gasteiger charge is 2.06. The first-order valence-electron chi connectivity index (χ1n) is 7.73. The number of nitrogens with zero attached hydrogens (tertiary/aromatic N) is 2. The third-order valence-corrected chi connectivity index (χ3v) is 3.45. The highest BCUT2D eigenvalue weighted by atomic mass is 16.2. The van der Waals surface area contributed by atoms with Crippen molar-refractivity contribution in [2.24, 2.45) is 0 Å². The van der Waals surface area contributed by atoms with E-state index in [-0.39, 0.29) is 18.4 Å². The Balaban J connectivity index is 1.60. The lowest BCUT2D eigenvalue weighted by atomic mass is 10.2. The van der Waals surface area contributed by atoms with Crippen LogP contribution in [0.1, 0.15) is 6.92 Å². The minimum absolute atomic E-state index is 0.0778. The van der Waals surface area contributed by atoms with Crippen molar-refractivity contribution >= 4 is 39.9 Å². The third kappa shape index (κ3) is 4.29. The zero-order valence-electron chi connectivity index (χ0n) is 13.6. The van der Waals surface area contributed by atoms with Gasteiger partial charge in [-0.25, -0.2) is 9.97 Å². The van der Waals surface area contributed by atoms with Gasteiger partial charge in [0.25, 0.3) is 0 Å². The van der Waals surface area contributed by atoms with Crippen LogP contribution in [0.2, 0.25) is 0 Å². The van der Waals surface area contributed by atoms with E-state index in [9.17, 15) is 9.59 Å². The Hall–Kier alpha value is -3.48. The number of para-hydroxylation sites is 1. The monoisotopic (exact) mass is 335 g/mol. The van der Waals surface area contributed by atoms with Gasteiger partial charge in [0.2, 0.25) is 11.8 Å². The first kappa shape index (κ1) is 16.4. The molecule has 0 radical (unpaired) electrons. The Labute approximate surface area is 144 Å². The average Bonchev–Trinajstić information content (AvgIpc) is 2.61. The quantitative estimate of drug-likeness (QED) is 0.666. The molecule has 2 amide bonds. The number of hydrogen-bond acceptors (Lipinski definition) is 5. The fourth-order valence-electron chi connectivity index (χ4n) is 2.36. The molecule has 3 aromatic rings. The van der Waals surface area contributed by atoms with E-state index in [0.29, 0.717) is 17.2 Å². The zero-order chi connectivity index (χ0) is 17.6. The summed E-state index contributed by atoms with van der Waals surface area (Å²) in [6.07, 6.45) is 1.46. The third-order valence-electron chi connectivity index (χ3n) is 3.45. The van der Waals surface area contributed by atoms with Crippen LogP contribution in [0.15, 0.2) is 54.9 Å². The molecule has 0 bridgehead atoms. The molecule has 7 heteroatoms. The van der Waals surface area contributed by atoms with Crippen molar-refractivity contribution in [2.45, 2.75) is 6.92 Å². The molecule has 126 valence electrons. The maximum atomic E-state index is 12.1. The van der Waals surface area contributed by atoms with E-state index >= 15 is 0 Å². The van der Waals surface area contributed by atoms with Gasteiger partial charge in [0.15, 0.2) is 0 Å². The molecule has 0 saturated carbocycles. The van der Waals surface area contributed by atoms with Crippen molar-refractivity contribution < 1.29 is 9.59 Å². The van der Waals surface area contributed by atoms with Crippen LogP contribution in [0.4, 0.5) is 17.2 Å². The number of nitrogens with one attached hydrogen (secondary N) is 3. The Morgan fingerprint density at radius 3 is 2.32 bits per heavy atom. The molecule has 1 heterocycles. The van der Waals surface area contributed by atoms with Gasteiger partial charge in [0.1, 0.15) is 12.1 Å². The summed E-state index contributed by atoms with van der Waals surface area (Å²) in [5.41, 5.74) is 2.14. The number of hydrogen-bond donors (Lipinski definition) is 3. The number of rotatable bonds is 5. The Bertz CT molecular complexity index is 903. The molecule has 0 aliphatic rings. The molecule has 0 saturated heterocycles. The molecule has 1 aromatic heterocycles. The van der Waals surface area contributed by atoms with E-state index in [4.69, 9.17) is 0 Å². The van der Waals surface area contributed by atoms with Crippen molar-refractivity contribution in [1.29, 1.82) is 0 Å². The van der Waals surface area contributed by atoms with Crippen LogP contribution in [0.5, 0.6) is 0 Å². The number of anilines is 3. The minimum Gasteiger partial charge on any atom is -0.360 e. The van der Waals surface area contributed by atoms with Crippen LogP contribution in [-0.4, -0.2) is 28.3 Å². The maximum absolute atomic E-state index is 12.1. The highest BCUT2D eigenvalue weighted by molar-refractivity contribution is 5.96. The molecule has 0 aliphatic heterocycles. The molecule has 0 atom stereocenters. The van der Waals surface area contributed by atoms with Gasteiger partial charge in [-0.05, 0) is 36.4 Å². The minimum atomic E-state index is -0.199. The van der Waals surface area contributed by atoms with Gasteiger partial charge < -0.3 is 16.0 Å². The van der Waals surface area contributed by atoms with Crippen molar-refractivity contribution in [2.75, 3.05) is 22.5 Å². The fourth-order valence-corrected chi connectivity index (χ4v) is 2.36. The number of fused-ring (bicyclic) bond motifs is 1. The van der Waals surface area contributed by atoms with Crippen LogP contribution in [-0.2, 0) is 9.59 Å². The Morgan fingerprint density at radius 2 is 1.60 bits per heavy atom. The van der Waals surface area contributed by atoms with Crippen LogP contribution in [0, 0.1) is 0 Å². The molecular weight excluding hydrogens is 318 g/mol. The van der Waals surface area contributed by atoms with Gasteiger partial charge in [-0.2, -0.15) is 0 Å². The molecule has 7 nitrogen and oxygen atoms in total. The van der Waals surface area contributed by atoms with E-state index in [2.05, 4.69) is 25.9 Å². The van der Waals surface area contributed by atoms with Gasteiger partial charge in [0.05, 0.1) is 12.1 Å². The summed E-state index contributed by atoms with van der Waals surface area (Å²) in [6, 6.07) is 14.5. The number of carbonyl (C=O) groups excluding carboxylic acids is 2. The molecular formula is C18H17N5O2. The van der Waals surface area contributed by atoms with Crippen molar-refractivity contribution in [1.82, 2.24) is 9.97 Å². The van der Waals surface area contributed by atoms with Crippen molar-refractivity contribution in [3.05, 3.63) is 54.9 Å². The van der Waals surface area contributed by atoms with Crippen LogP contribution in [0.25, 0.3) is 10.9 Å². The summed E-state index contributed by atoms with van der Waals surface area (Å²) < 4.78 is 0. The lowest BCUT2D eigenvalue weighted by molar-refractivity contribution is -0.115. The summed E-state index contributed by atoms with van der Waals surface area (Å²) in [4.78, 5) is 31.5. The molecule has 0 spiro atoms. The van der Waals surface area contributed by atoms with E-state index in [1.165, 1.54) is 13.3 Å².